The second-order valence-corrected chi connectivity index (χ2v) is 7.99. The van der Waals surface area contributed by atoms with Crippen LogP contribution in [-0.4, -0.2) is 32.2 Å². The molecule has 0 bridgehead atoms. The quantitative estimate of drug-likeness (QED) is 0.312. The van der Waals surface area contributed by atoms with Crippen molar-refractivity contribution in [2.45, 2.75) is 20.8 Å². The highest BCUT2D eigenvalue weighted by Gasteiger charge is 2.22. The Morgan fingerprint density at radius 1 is 1.03 bits per heavy atom. The number of hydrogen-bond donors (Lipinski definition) is 1. The van der Waals surface area contributed by atoms with Crippen LogP contribution < -0.4 is 14.8 Å². The second kappa shape index (κ2) is 11.3. The molecule has 0 unspecified atom stereocenters. The van der Waals surface area contributed by atoms with E-state index in [0.29, 0.717) is 28.7 Å². The summed E-state index contributed by atoms with van der Waals surface area (Å²) in [6, 6.07) is 13.3. The molecule has 3 aromatic rings. The Labute approximate surface area is 197 Å². The number of esters is 1. The lowest BCUT2D eigenvalue weighted by molar-refractivity contribution is -0.111. The minimum atomic E-state index is -0.468. The van der Waals surface area contributed by atoms with E-state index < -0.39 is 5.97 Å². The lowest BCUT2D eigenvalue weighted by Crippen LogP contribution is -2.12. The van der Waals surface area contributed by atoms with Crippen LogP contribution >= 0.6 is 11.3 Å². The van der Waals surface area contributed by atoms with E-state index in [1.807, 2.05) is 49.6 Å². The van der Waals surface area contributed by atoms with Crippen LogP contribution in [0, 0.1) is 6.92 Å². The van der Waals surface area contributed by atoms with Gasteiger partial charge in [0.05, 0.1) is 20.3 Å². The Hall–Kier alpha value is -3.58. The van der Waals surface area contributed by atoms with Crippen molar-refractivity contribution in [2.75, 3.05) is 25.6 Å². The van der Waals surface area contributed by atoms with Crippen molar-refractivity contribution in [2.24, 2.45) is 0 Å². The zero-order chi connectivity index (χ0) is 23.8. The molecule has 0 spiro atoms. The SMILES string of the molecule is CCOC(=O)c1c(-c2ccc(C)cc2)csc1NC(=O)/C=C/c1ccc(OCC)c(OC)c1. The van der Waals surface area contributed by atoms with Gasteiger partial charge >= 0.3 is 5.97 Å². The largest absolute Gasteiger partial charge is 0.493 e. The van der Waals surface area contributed by atoms with Gasteiger partial charge in [-0.15, -0.1) is 11.3 Å². The van der Waals surface area contributed by atoms with Gasteiger partial charge in [0, 0.05) is 17.0 Å². The number of methoxy groups -OCH3 is 1. The molecule has 0 saturated heterocycles. The first-order valence-electron chi connectivity index (χ1n) is 10.6. The van der Waals surface area contributed by atoms with E-state index >= 15 is 0 Å². The average Bonchev–Trinajstić information content (AvgIpc) is 3.22. The van der Waals surface area contributed by atoms with Crippen molar-refractivity contribution in [1.82, 2.24) is 0 Å². The Kier molecular flexibility index (Phi) is 8.27. The number of ether oxygens (including phenoxy) is 3. The first-order chi connectivity index (χ1) is 16.0. The Balaban J connectivity index is 1.83. The summed E-state index contributed by atoms with van der Waals surface area (Å²) in [5.74, 6) is 0.406. The number of thiophene rings is 1. The predicted octanol–water partition coefficient (Wildman–Crippen LogP) is 5.96. The van der Waals surface area contributed by atoms with Gasteiger partial charge in [0.1, 0.15) is 10.6 Å². The fourth-order valence-electron chi connectivity index (χ4n) is 3.19. The maximum absolute atomic E-state index is 12.7. The van der Waals surface area contributed by atoms with Crippen LogP contribution in [0.1, 0.15) is 35.3 Å². The summed E-state index contributed by atoms with van der Waals surface area (Å²) < 4.78 is 16.1. The molecular weight excluding hydrogens is 438 g/mol. The topological polar surface area (TPSA) is 73.9 Å². The van der Waals surface area contributed by atoms with Crippen molar-refractivity contribution < 1.29 is 23.8 Å². The van der Waals surface area contributed by atoms with Crippen molar-refractivity contribution in [3.8, 4) is 22.6 Å². The van der Waals surface area contributed by atoms with E-state index in [1.165, 1.54) is 17.4 Å². The summed E-state index contributed by atoms with van der Waals surface area (Å²) in [5, 5.41) is 5.12. The third kappa shape index (κ3) is 6.02. The molecule has 0 fully saturated rings. The number of carbonyl (C=O) groups is 2. The van der Waals surface area contributed by atoms with E-state index in [9.17, 15) is 9.59 Å². The zero-order valence-electron chi connectivity index (χ0n) is 19.1. The number of carbonyl (C=O) groups excluding carboxylic acids is 2. The van der Waals surface area contributed by atoms with Crippen molar-refractivity contribution in [3.63, 3.8) is 0 Å². The highest BCUT2D eigenvalue weighted by atomic mass is 32.1. The Morgan fingerprint density at radius 2 is 1.79 bits per heavy atom. The van der Waals surface area contributed by atoms with Crippen LogP contribution in [-0.2, 0) is 9.53 Å². The van der Waals surface area contributed by atoms with E-state index in [2.05, 4.69) is 5.32 Å². The van der Waals surface area contributed by atoms with Gasteiger partial charge in [-0.3, -0.25) is 4.79 Å². The van der Waals surface area contributed by atoms with Gasteiger partial charge in [-0.05, 0) is 50.1 Å². The summed E-state index contributed by atoms with van der Waals surface area (Å²) in [7, 11) is 1.57. The first-order valence-corrected chi connectivity index (χ1v) is 11.5. The molecule has 1 aromatic heterocycles. The number of aryl methyl sites for hydroxylation is 1. The number of amides is 1. The number of benzene rings is 2. The lowest BCUT2D eigenvalue weighted by atomic mass is 10.0. The predicted molar refractivity (Wildman–Crippen MR) is 132 cm³/mol. The van der Waals surface area contributed by atoms with Crippen LogP contribution in [0.5, 0.6) is 11.5 Å². The molecule has 1 heterocycles. The van der Waals surface area contributed by atoms with Gasteiger partial charge in [0.15, 0.2) is 11.5 Å². The maximum Gasteiger partial charge on any atom is 0.341 e. The van der Waals surface area contributed by atoms with Gasteiger partial charge in [-0.25, -0.2) is 4.79 Å². The van der Waals surface area contributed by atoms with Crippen molar-refractivity contribution >= 4 is 34.3 Å². The first kappa shape index (κ1) is 24.1. The molecule has 0 atom stereocenters. The molecule has 1 amide bonds. The van der Waals surface area contributed by atoms with E-state index in [1.54, 1.807) is 32.2 Å². The Morgan fingerprint density at radius 3 is 2.45 bits per heavy atom. The molecule has 1 N–H and O–H groups in total. The maximum atomic E-state index is 12.7. The van der Waals surface area contributed by atoms with Crippen LogP contribution in [0.2, 0.25) is 0 Å². The average molecular weight is 466 g/mol. The molecule has 0 aliphatic rings. The highest BCUT2D eigenvalue weighted by Crippen LogP contribution is 2.36. The van der Waals surface area contributed by atoms with Gasteiger partial charge in [-0.2, -0.15) is 0 Å². The molecule has 33 heavy (non-hydrogen) atoms. The van der Waals surface area contributed by atoms with E-state index in [-0.39, 0.29) is 12.5 Å². The number of anilines is 1. The monoisotopic (exact) mass is 465 g/mol. The molecule has 172 valence electrons. The van der Waals surface area contributed by atoms with Gasteiger partial charge in [0.25, 0.3) is 0 Å². The zero-order valence-corrected chi connectivity index (χ0v) is 20.0. The summed E-state index contributed by atoms with van der Waals surface area (Å²) in [6.07, 6.45) is 3.08. The van der Waals surface area contributed by atoms with Crippen LogP contribution in [0.25, 0.3) is 17.2 Å². The standard InChI is InChI=1S/C26H27NO5S/c1-5-31-21-13-9-18(15-22(21)30-4)10-14-23(28)27-25-24(26(29)32-6-2)20(16-33-25)19-11-7-17(3)8-12-19/h7-16H,5-6H2,1-4H3,(H,27,28)/b14-10+. The van der Waals surface area contributed by atoms with Gasteiger partial charge < -0.3 is 19.5 Å². The third-order valence-electron chi connectivity index (χ3n) is 4.78. The van der Waals surface area contributed by atoms with Crippen molar-refractivity contribution in [3.05, 3.63) is 70.6 Å². The molecule has 2 aromatic carbocycles. The lowest BCUT2D eigenvalue weighted by Gasteiger charge is -2.09. The summed E-state index contributed by atoms with van der Waals surface area (Å²) in [5.41, 5.74) is 3.88. The minimum absolute atomic E-state index is 0.245. The van der Waals surface area contributed by atoms with Gasteiger partial charge in [-0.1, -0.05) is 35.9 Å². The molecule has 7 heteroatoms. The summed E-state index contributed by atoms with van der Waals surface area (Å²) in [6.45, 7) is 6.43. The van der Waals surface area contributed by atoms with Crippen LogP contribution in [0.3, 0.4) is 0 Å². The summed E-state index contributed by atoms with van der Waals surface area (Å²) >= 11 is 1.29. The van der Waals surface area contributed by atoms with E-state index in [0.717, 1.165) is 22.3 Å². The third-order valence-corrected chi connectivity index (χ3v) is 5.68. The number of hydrogen-bond acceptors (Lipinski definition) is 6. The molecular formula is C26H27NO5S. The highest BCUT2D eigenvalue weighted by molar-refractivity contribution is 7.15. The molecule has 0 aliphatic heterocycles. The minimum Gasteiger partial charge on any atom is -0.493 e. The summed E-state index contributed by atoms with van der Waals surface area (Å²) in [4.78, 5) is 25.3. The van der Waals surface area contributed by atoms with Gasteiger partial charge in [0.2, 0.25) is 5.91 Å². The second-order valence-electron chi connectivity index (χ2n) is 7.11. The Bertz CT molecular complexity index is 1150. The molecule has 6 nitrogen and oxygen atoms in total. The number of nitrogens with one attached hydrogen (secondary N) is 1. The fourth-order valence-corrected chi connectivity index (χ4v) is 4.15. The molecule has 0 saturated carbocycles. The smallest absolute Gasteiger partial charge is 0.341 e. The van der Waals surface area contributed by atoms with Crippen LogP contribution in [0.15, 0.2) is 53.9 Å². The molecule has 3 rings (SSSR count). The van der Waals surface area contributed by atoms with Crippen molar-refractivity contribution in [1.29, 1.82) is 0 Å². The van der Waals surface area contributed by atoms with Crippen LogP contribution in [0.4, 0.5) is 5.00 Å². The van der Waals surface area contributed by atoms with E-state index in [4.69, 9.17) is 14.2 Å². The molecule has 0 radical (unpaired) electrons. The number of rotatable bonds is 9. The fraction of sp³-hybridized carbons (Fsp3) is 0.231. The molecule has 0 aliphatic carbocycles. The normalized spacial score (nSPS) is 10.8.